The standard InChI is InChI=1S/C25H24FN5O3/c1-15-3-6-21(26)20(9-15)18-11-28-25(29-12-18)31-13-17(7-8-32)19-5-4-16(10-22(19)31)24(34)30(2)14-23(27)33/h3-6,9-13,32H,7-8,14H2,1-2H3,(H2,27,33). The number of carbonyl (C=O) groups excluding carboxylic acids is 2. The van der Waals surface area contributed by atoms with Crippen molar-refractivity contribution in [1.29, 1.82) is 0 Å². The van der Waals surface area contributed by atoms with E-state index in [0.29, 0.717) is 34.6 Å². The molecule has 174 valence electrons. The molecule has 0 radical (unpaired) electrons. The molecule has 0 fully saturated rings. The third-order valence-electron chi connectivity index (χ3n) is 5.54. The van der Waals surface area contributed by atoms with Crippen LogP contribution in [0.3, 0.4) is 0 Å². The maximum absolute atomic E-state index is 14.3. The lowest BCUT2D eigenvalue weighted by atomic mass is 10.1. The maximum atomic E-state index is 14.3. The first-order valence-corrected chi connectivity index (χ1v) is 10.7. The van der Waals surface area contributed by atoms with E-state index in [9.17, 15) is 19.1 Å². The van der Waals surface area contributed by atoms with E-state index in [1.165, 1.54) is 18.0 Å². The number of nitrogens with two attached hydrogens (primary N) is 1. The van der Waals surface area contributed by atoms with Crippen molar-refractivity contribution in [2.75, 3.05) is 20.2 Å². The van der Waals surface area contributed by atoms with Gasteiger partial charge in [-0.25, -0.2) is 14.4 Å². The Kier molecular flexibility index (Phi) is 6.38. The minimum atomic E-state index is -0.607. The van der Waals surface area contributed by atoms with Gasteiger partial charge in [0.1, 0.15) is 5.82 Å². The molecule has 2 aromatic heterocycles. The Morgan fingerprint density at radius 2 is 1.88 bits per heavy atom. The number of aliphatic hydroxyl groups excluding tert-OH is 1. The highest BCUT2D eigenvalue weighted by atomic mass is 19.1. The van der Waals surface area contributed by atoms with Crippen LogP contribution in [0, 0.1) is 12.7 Å². The third kappa shape index (κ3) is 4.51. The molecule has 34 heavy (non-hydrogen) atoms. The molecule has 9 heteroatoms. The van der Waals surface area contributed by atoms with E-state index in [1.54, 1.807) is 47.3 Å². The topological polar surface area (TPSA) is 114 Å². The Labute approximate surface area is 195 Å². The highest BCUT2D eigenvalue weighted by molar-refractivity contribution is 6.00. The Morgan fingerprint density at radius 1 is 1.15 bits per heavy atom. The van der Waals surface area contributed by atoms with Crippen LogP contribution in [0.2, 0.25) is 0 Å². The second-order valence-electron chi connectivity index (χ2n) is 8.11. The van der Waals surface area contributed by atoms with E-state index >= 15 is 0 Å². The van der Waals surface area contributed by atoms with Crippen molar-refractivity contribution >= 4 is 22.7 Å². The van der Waals surface area contributed by atoms with Gasteiger partial charge in [-0.1, -0.05) is 17.7 Å². The summed E-state index contributed by atoms with van der Waals surface area (Å²) in [5.41, 5.74) is 8.97. The van der Waals surface area contributed by atoms with Gasteiger partial charge in [0, 0.05) is 54.3 Å². The molecule has 0 aliphatic heterocycles. The van der Waals surface area contributed by atoms with E-state index < -0.39 is 5.91 Å². The number of aryl methyl sites for hydroxylation is 1. The predicted octanol–water partition coefficient (Wildman–Crippen LogP) is 2.63. The van der Waals surface area contributed by atoms with Crippen LogP contribution < -0.4 is 5.73 Å². The number of rotatable bonds is 7. The lowest BCUT2D eigenvalue weighted by Gasteiger charge is -2.15. The molecule has 0 aliphatic carbocycles. The summed E-state index contributed by atoms with van der Waals surface area (Å²) in [4.78, 5) is 34.1. The van der Waals surface area contributed by atoms with Gasteiger partial charge >= 0.3 is 0 Å². The molecule has 0 aliphatic rings. The molecule has 3 N–H and O–H groups in total. The van der Waals surface area contributed by atoms with Crippen molar-refractivity contribution in [3.05, 3.63) is 77.5 Å². The predicted molar refractivity (Wildman–Crippen MR) is 126 cm³/mol. The first-order valence-electron chi connectivity index (χ1n) is 10.7. The van der Waals surface area contributed by atoms with Gasteiger partial charge in [-0.05, 0) is 43.2 Å². The van der Waals surface area contributed by atoms with Crippen molar-refractivity contribution in [2.45, 2.75) is 13.3 Å². The van der Waals surface area contributed by atoms with E-state index in [1.807, 2.05) is 13.1 Å². The zero-order valence-corrected chi connectivity index (χ0v) is 18.8. The number of aliphatic hydroxyl groups is 1. The van der Waals surface area contributed by atoms with Gasteiger partial charge in [0.2, 0.25) is 11.9 Å². The van der Waals surface area contributed by atoms with Gasteiger partial charge < -0.3 is 15.7 Å². The number of primary amides is 1. The number of hydrogen-bond donors (Lipinski definition) is 2. The van der Waals surface area contributed by atoms with E-state index in [4.69, 9.17) is 5.73 Å². The van der Waals surface area contributed by atoms with E-state index in [0.717, 1.165) is 16.5 Å². The molecular weight excluding hydrogens is 437 g/mol. The average Bonchev–Trinajstić information content (AvgIpc) is 3.18. The molecule has 8 nitrogen and oxygen atoms in total. The van der Waals surface area contributed by atoms with Crippen molar-refractivity contribution < 1.29 is 19.1 Å². The summed E-state index contributed by atoms with van der Waals surface area (Å²) in [6.45, 7) is 1.63. The second kappa shape index (κ2) is 9.40. The van der Waals surface area contributed by atoms with Gasteiger partial charge in [-0.2, -0.15) is 0 Å². The lowest BCUT2D eigenvalue weighted by molar-refractivity contribution is -0.118. The Bertz CT molecular complexity index is 1380. The quantitative estimate of drug-likeness (QED) is 0.439. The summed E-state index contributed by atoms with van der Waals surface area (Å²) < 4.78 is 16.0. The molecule has 2 amide bonds. The van der Waals surface area contributed by atoms with Crippen LogP contribution in [-0.4, -0.2) is 56.6 Å². The van der Waals surface area contributed by atoms with Crippen LogP contribution in [0.15, 0.2) is 55.0 Å². The molecule has 0 saturated carbocycles. The van der Waals surface area contributed by atoms with Crippen molar-refractivity contribution in [2.24, 2.45) is 5.73 Å². The molecule has 0 unspecified atom stereocenters. The number of carbonyl (C=O) groups is 2. The van der Waals surface area contributed by atoms with Gasteiger partial charge in [0.05, 0.1) is 12.1 Å². The average molecular weight is 461 g/mol. The lowest BCUT2D eigenvalue weighted by Crippen LogP contribution is -2.35. The van der Waals surface area contributed by atoms with Crippen LogP contribution in [0.4, 0.5) is 4.39 Å². The Morgan fingerprint density at radius 3 is 2.56 bits per heavy atom. The van der Waals surface area contributed by atoms with E-state index in [2.05, 4.69) is 9.97 Å². The van der Waals surface area contributed by atoms with Crippen molar-refractivity contribution in [3.63, 3.8) is 0 Å². The molecule has 2 heterocycles. The van der Waals surface area contributed by atoms with Crippen molar-refractivity contribution in [3.8, 4) is 17.1 Å². The summed E-state index contributed by atoms with van der Waals surface area (Å²) in [6.07, 6.45) is 5.32. The molecule has 2 aromatic carbocycles. The number of nitrogens with zero attached hydrogens (tertiary/aromatic N) is 4. The fraction of sp³-hybridized carbons (Fsp3) is 0.200. The van der Waals surface area contributed by atoms with E-state index in [-0.39, 0.29) is 24.9 Å². The fourth-order valence-electron chi connectivity index (χ4n) is 3.89. The first kappa shape index (κ1) is 23.1. The number of fused-ring (bicyclic) bond motifs is 1. The van der Waals surface area contributed by atoms with Gasteiger partial charge in [-0.15, -0.1) is 0 Å². The molecule has 0 bridgehead atoms. The SMILES string of the molecule is Cc1ccc(F)c(-c2cnc(-n3cc(CCO)c4ccc(C(=O)N(C)CC(N)=O)cc43)nc2)c1. The maximum Gasteiger partial charge on any atom is 0.254 e. The Hall–Kier alpha value is -4.11. The van der Waals surface area contributed by atoms with Crippen LogP contribution in [-0.2, 0) is 11.2 Å². The van der Waals surface area contributed by atoms with Gasteiger partial charge in [0.15, 0.2) is 0 Å². The molecular formula is C25H24FN5O3. The monoisotopic (exact) mass is 461 g/mol. The number of amides is 2. The summed E-state index contributed by atoms with van der Waals surface area (Å²) in [7, 11) is 1.50. The van der Waals surface area contributed by atoms with Gasteiger partial charge in [0.25, 0.3) is 5.91 Å². The largest absolute Gasteiger partial charge is 0.396 e. The highest BCUT2D eigenvalue weighted by Crippen LogP contribution is 2.27. The molecule has 4 rings (SSSR count). The smallest absolute Gasteiger partial charge is 0.254 e. The molecule has 0 spiro atoms. The molecule has 0 saturated heterocycles. The van der Waals surface area contributed by atoms with Crippen LogP contribution >= 0.6 is 0 Å². The van der Waals surface area contributed by atoms with Crippen LogP contribution in [0.5, 0.6) is 0 Å². The second-order valence-corrected chi connectivity index (χ2v) is 8.11. The number of aromatic nitrogens is 3. The van der Waals surface area contributed by atoms with Crippen LogP contribution in [0.1, 0.15) is 21.5 Å². The highest BCUT2D eigenvalue weighted by Gasteiger charge is 2.18. The molecule has 0 atom stereocenters. The first-order chi connectivity index (χ1) is 16.3. The fourth-order valence-corrected chi connectivity index (χ4v) is 3.89. The minimum Gasteiger partial charge on any atom is -0.396 e. The number of hydrogen-bond acceptors (Lipinski definition) is 5. The Balaban J connectivity index is 1.77. The van der Waals surface area contributed by atoms with Crippen molar-refractivity contribution in [1.82, 2.24) is 19.4 Å². The molecule has 4 aromatic rings. The summed E-state index contributed by atoms with van der Waals surface area (Å²) >= 11 is 0. The zero-order chi connectivity index (χ0) is 24.4. The van der Waals surface area contributed by atoms with Crippen LogP contribution in [0.25, 0.3) is 28.0 Å². The number of halogens is 1. The van der Waals surface area contributed by atoms with Gasteiger partial charge in [-0.3, -0.25) is 14.2 Å². The summed E-state index contributed by atoms with van der Waals surface area (Å²) in [6, 6.07) is 9.98. The number of likely N-dealkylation sites (N-methyl/N-ethyl adjacent to an activating group) is 1. The third-order valence-corrected chi connectivity index (χ3v) is 5.54. The summed E-state index contributed by atoms with van der Waals surface area (Å²) in [5, 5.41) is 10.3. The normalized spacial score (nSPS) is 11.1. The zero-order valence-electron chi connectivity index (χ0n) is 18.8. The summed E-state index contributed by atoms with van der Waals surface area (Å²) in [5.74, 6) is -0.990. The minimum absolute atomic E-state index is 0.0480. The number of benzene rings is 2.